The number of thiophene rings is 1. The van der Waals surface area contributed by atoms with Crippen molar-refractivity contribution < 1.29 is 0 Å². The second-order valence-corrected chi connectivity index (χ2v) is 12.1. The molecule has 0 aliphatic rings. The second kappa shape index (κ2) is 10.0. The molecule has 0 N–H and O–H groups in total. The van der Waals surface area contributed by atoms with Gasteiger partial charge in [0.2, 0.25) is 5.95 Å². The third kappa shape index (κ3) is 3.96. The minimum Gasteiger partial charge on any atom is -0.278 e. The van der Waals surface area contributed by atoms with Gasteiger partial charge in [-0.05, 0) is 52.6 Å². The Balaban J connectivity index is 1.23. The Bertz CT molecular complexity index is 2510. The predicted octanol–water partition coefficient (Wildman–Crippen LogP) is 10.9. The Morgan fingerprint density at radius 2 is 1.16 bits per heavy atom. The van der Waals surface area contributed by atoms with Gasteiger partial charge in [0.15, 0.2) is 0 Å². The van der Waals surface area contributed by atoms with Crippen molar-refractivity contribution in [3.05, 3.63) is 152 Å². The third-order valence-electron chi connectivity index (χ3n) is 8.50. The van der Waals surface area contributed by atoms with Gasteiger partial charge >= 0.3 is 0 Å². The van der Waals surface area contributed by atoms with Crippen LogP contribution in [0.1, 0.15) is 0 Å². The van der Waals surface area contributed by atoms with Crippen LogP contribution >= 0.6 is 11.3 Å². The van der Waals surface area contributed by atoms with Crippen molar-refractivity contribution in [2.24, 2.45) is 0 Å². The van der Waals surface area contributed by atoms with Gasteiger partial charge in [0.05, 0.1) is 16.7 Å². The Labute approximate surface area is 258 Å². The minimum absolute atomic E-state index is 0.669. The predicted molar refractivity (Wildman–Crippen MR) is 186 cm³/mol. The fourth-order valence-corrected chi connectivity index (χ4v) is 7.65. The Hall–Kier alpha value is -5.58. The molecule has 0 radical (unpaired) electrons. The molecule has 9 aromatic rings. The van der Waals surface area contributed by atoms with Crippen molar-refractivity contribution in [2.45, 2.75) is 0 Å². The molecular weight excluding hydrogens is 555 g/mol. The lowest BCUT2D eigenvalue weighted by Crippen LogP contribution is -2.01. The first-order chi connectivity index (χ1) is 21.8. The second-order valence-electron chi connectivity index (χ2n) is 11.1. The summed E-state index contributed by atoms with van der Waals surface area (Å²) in [6.45, 7) is 0. The zero-order valence-electron chi connectivity index (χ0n) is 23.7. The molecule has 0 atom stereocenters. The maximum absolute atomic E-state index is 5.22. The lowest BCUT2D eigenvalue weighted by atomic mass is 9.98. The van der Waals surface area contributed by atoms with E-state index in [0.717, 1.165) is 27.9 Å². The van der Waals surface area contributed by atoms with Gasteiger partial charge < -0.3 is 0 Å². The van der Waals surface area contributed by atoms with E-state index in [0.29, 0.717) is 5.95 Å². The molecule has 0 aliphatic carbocycles. The first-order valence-electron chi connectivity index (χ1n) is 14.7. The number of nitrogens with zero attached hydrogens (tertiary/aromatic N) is 3. The van der Waals surface area contributed by atoms with Crippen LogP contribution < -0.4 is 0 Å². The van der Waals surface area contributed by atoms with Crippen molar-refractivity contribution in [1.82, 2.24) is 14.5 Å². The summed E-state index contributed by atoms with van der Waals surface area (Å²) in [5.74, 6) is 0.669. The molecule has 0 unspecified atom stereocenters. The van der Waals surface area contributed by atoms with Crippen molar-refractivity contribution in [3.8, 4) is 39.5 Å². The van der Waals surface area contributed by atoms with Crippen LogP contribution in [0.15, 0.2) is 152 Å². The molecule has 0 fully saturated rings. The number of para-hydroxylation sites is 1. The molecule has 3 aromatic heterocycles. The highest BCUT2D eigenvalue weighted by molar-refractivity contribution is 7.26. The molecular formula is C40H25N3S. The number of hydrogen-bond acceptors (Lipinski definition) is 3. The monoisotopic (exact) mass is 579 g/mol. The summed E-state index contributed by atoms with van der Waals surface area (Å²) in [6.07, 6.45) is 1.89. The molecule has 6 aromatic carbocycles. The van der Waals surface area contributed by atoms with Crippen LogP contribution in [0.25, 0.3) is 81.4 Å². The molecule has 0 bridgehead atoms. The van der Waals surface area contributed by atoms with Gasteiger partial charge in [-0.1, -0.05) is 115 Å². The Kier molecular flexibility index (Phi) is 5.68. The van der Waals surface area contributed by atoms with Crippen molar-refractivity contribution >= 4 is 53.3 Å². The highest BCUT2D eigenvalue weighted by Crippen LogP contribution is 2.40. The average Bonchev–Trinajstić information content (AvgIpc) is 3.64. The summed E-state index contributed by atoms with van der Waals surface area (Å²) in [5.41, 5.74) is 8.98. The zero-order chi connectivity index (χ0) is 29.0. The SMILES string of the molecule is c1ccc(-c2cccc(-c3ccc4c5ccccc5n(-c5nccc(-c6cccc7c6sc6ccccc67)n5)c4c3)c2)cc1. The number of benzene rings is 6. The van der Waals surface area contributed by atoms with Crippen LogP contribution in [0.5, 0.6) is 0 Å². The normalized spacial score (nSPS) is 11.6. The molecule has 206 valence electrons. The molecule has 0 saturated carbocycles. The smallest absolute Gasteiger partial charge is 0.235 e. The van der Waals surface area contributed by atoms with E-state index >= 15 is 0 Å². The number of hydrogen-bond donors (Lipinski definition) is 0. The van der Waals surface area contributed by atoms with E-state index in [2.05, 4.69) is 144 Å². The summed E-state index contributed by atoms with van der Waals surface area (Å²) in [4.78, 5) is 10.1. The van der Waals surface area contributed by atoms with Crippen LogP contribution in [-0.4, -0.2) is 14.5 Å². The molecule has 44 heavy (non-hydrogen) atoms. The van der Waals surface area contributed by atoms with Gasteiger partial charge in [-0.25, -0.2) is 9.97 Å². The van der Waals surface area contributed by atoms with Crippen molar-refractivity contribution in [2.75, 3.05) is 0 Å². The first kappa shape index (κ1) is 25.0. The number of fused-ring (bicyclic) bond motifs is 6. The summed E-state index contributed by atoms with van der Waals surface area (Å²) in [6, 6.07) is 51.7. The van der Waals surface area contributed by atoms with Gasteiger partial charge in [-0.15, -0.1) is 11.3 Å². The van der Waals surface area contributed by atoms with Crippen LogP contribution in [0.2, 0.25) is 0 Å². The van der Waals surface area contributed by atoms with E-state index in [1.54, 1.807) is 0 Å². The Morgan fingerprint density at radius 3 is 2.07 bits per heavy atom. The molecule has 4 heteroatoms. The lowest BCUT2D eigenvalue weighted by molar-refractivity contribution is 0.993. The maximum atomic E-state index is 5.22. The van der Waals surface area contributed by atoms with Gasteiger partial charge in [-0.3, -0.25) is 4.57 Å². The highest BCUT2D eigenvalue weighted by atomic mass is 32.1. The fourth-order valence-electron chi connectivity index (χ4n) is 6.43. The van der Waals surface area contributed by atoms with Gasteiger partial charge in [0, 0.05) is 42.7 Å². The van der Waals surface area contributed by atoms with Crippen molar-refractivity contribution in [1.29, 1.82) is 0 Å². The zero-order valence-corrected chi connectivity index (χ0v) is 24.5. The van der Waals surface area contributed by atoms with Gasteiger partial charge in [0.1, 0.15) is 0 Å². The largest absolute Gasteiger partial charge is 0.278 e. The molecule has 9 rings (SSSR count). The molecule has 3 nitrogen and oxygen atoms in total. The van der Waals surface area contributed by atoms with E-state index in [1.165, 1.54) is 47.6 Å². The molecule has 3 heterocycles. The van der Waals surface area contributed by atoms with Crippen LogP contribution in [0.3, 0.4) is 0 Å². The number of aromatic nitrogens is 3. The third-order valence-corrected chi connectivity index (χ3v) is 9.72. The summed E-state index contributed by atoms with van der Waals surface area (Å²) in [7, 11) is 0. The van der Waals surface area contributed by atoms with Crippen molar-refractivity contribution in [3.63, 3.8) is 0 Å². The molecule has 0 spiro atoms. The maximum Gasteiger partial charge on any atom is 0.235 e. The van der Waals surface area contributed by atoms with Gasteiger partial charge in [0.25, 0.3) is 0 Å². The van der Waals surface area contributed by atoms with E-state index in [1.807, 2.05) is 23.6 Å². The van der Waals surface area contributed by atoms with Crippen LogP contribution in [0.4, 0.5) is 0 Å². The molecule has 0 amide bonds. The van der Waals surface area contributed by atoms with E-state index in [-0.39, 0.29) is 0 Å². The number of rotatable bonds is 4. The van der Waals surface area contributed by atoms with Crippen LogP contribution in [-0.2, 0) is 0 Å². The van der Waals surface area contributed by atoms with E-state index in [4.69, 9.17) is 9.97 Å². The highest BCUT2D eigenvalue weighted by Gasteiger charge is 2.17. The topological polar surface area (TPSA) is 30.7 Å². The molecule has 0 aliphatic heterocycles. The summed E-state index contributed by atoms with van der Waals surface area (Å²) in [5, 5.41) is 4.93. The summed E-state index contributed by atoms with van der Waals surface area (Å²) >= 11 is 1.82. The standard InChI is InChI=1S/C40H25N3S/c1-2-10-26(11-3-1)27-12-8-13-28(24-27)29-20-21-31-30-14-4-6-18-36(30)43(37(31)25-29)40-41-23-22-35(42-40)34-17-9-16-33-32-15-5-7-19-38(32)44-39(33)34/h1-25H. The average molecular weight is 580 g/mol. The summed E-state index contributed by atoms with van der Waals surface area (Å²) < 4.78 is 4.75. The van der Waals surface area contributed by atoms with Crippen LogP contribution in [0, 0.1) is 0 Å². The van der Waals surface area contributed by atoms with Gasteiger partial charge in [-0.2, -0.15) is 0 Å². The first-order valence-corrected chi connectivity index (χ1v) is 15.6. The van der Waals surface area contributed by atoms with E-state index in [9.17, 15) is 0 Å². The minimum atomic E-state index is 0.669. The Morgan fingerprint density at radius 1 is 0.477 bits per heavy atom. The van der Waals surface area contributed by atoms with E-state index < -0.39 is 0 Å². The quantitative estimate of drug-likeness (QED) is 0.208. The lowest BCUT2D eigenvalue weighted by Gasteiger charge is -2.10. The molecule has 0 saturated heterocycles. The fraction of sp³-hybridized carbons (Fsp3) is 0.